The van der Waals surface area contributed by atoms with Gasteiger partial charge < -0.3 is 0 Å². The summed E-state index contributed by atoms with van der Waals surface area (Å²) in [6.45, 7) is 2.14. The third kappa shape index (κ3) is 1.93. The quantitative estimate of drug-likeness (QED) is 0.597. The van der Waals surface area contributed by atoms with Crippen LogP contribution in [-0.4, -0.2) is 21.1 Å². The summed E-state index contributed by atoms with van der Waals surface area (Å²) in [7, 11) is -3.62. The first kappa shape index (κ1) is 7.97. The molecular weight excluding hydrogens is 156 g/mol. The summed E-state index contributed by atoms with van der Waals surface area (Å²) in [5, 5.41) is 0. The van der Waals surface area contributed by atoms with E-state index in [2.05, 4.69) is 8.37 Å². The molecule has 0 aromatic heterocycles. The van der Waals surface area contributed by atoms with Gasteiger partial charge >= 0.3 is 10.4 Å². The largest absolute Gasteiger partial charge is 0.400 e. The summed E-state index contributed by atoms with van der Waals surface area (Å²) in [5.74, 6) is 0. The summed E-state index contributed by atoms with van der Waals surface area (Å²) in [5.41, 5.74) is 0. The first-order valence-corrected chi connectivity index (χ1v) is 4.55. The van der Waals surface area contributed by atoms with Crippen LogP contribution in [0.15, 0.2) is 0 Å². The molecule has 10 heavy (non-hydrogen) atoms. The minimum Gasteiger partial charge on any atom is -0.245 e. The zero-order valence-electron chi connectivity index (χ0n) is 5.74. The predicted octanol–water partition coefficient (Wildman–Crippen LogP) is 0.447. The van der Waals surface area contributed by atoms with E-state index >= 15 is 0 Å². The zero-order valence-corrected chi connectivity index (χ0v) is 6.56. The van der Waals surface area contributed by atoms with Gasteiger partial charge in [-0.05, 0) is 6.42 Å². The molecule has 0 amide bonds. The van der Waals surface area contributed by atoms with Gasteiger partial charge in [-0.3, -0.25) is 0 Å². The highest BCUT2D eigenvalue weighted by molar-refractivity contribution is 7.82. The molecule has 0 spiro atoms. The number of rotatable bonds is 2. The molecule has 1 aliphatic rings. The maximum Gasteiger partial charge on any atom is 0.400 e. The summed E-state index contributed by atoms with van der Waals surface area (Å²) >= 11 is 0. The smallest absolute Gasteiger partial charge is 0.245 e. The van der Waals surface area contributed by atoms with E-state index in [4.69, 9.17) is 0 Å². The van der Waals surface area contributed by atoms with Crippen LogP contribution in [0, 0.1) is 0 Å². The van der Waals surface area contributed by atoms with Crippen molar-refractivity contribution in [3.05, 3.63) is 0 Å². The van der Waals surface area contributed by atoms with Gasteiger partial charge in [0.1, 0.15) is 6.10 Å². The van der Waals surface area contributed by atoms with Crippen molar-refractivity contribution in [3.8, 4) is 0 Å². The monoisotopic (exact) mass is 166 g/mol. The summed E-state index contributed by atoms with van der Waals surface area (Å²) in [4.78, 5) is 0. The molecule has 0 radical (unpaired) electrons. The van der Waals surface area contributed by atoms with E-state index in [1.165, 1.54) is 0 Å². The van der Waals surface area contributed by atoms with Gasteiger partial charge in [0.25, 0.3) is 0 Å². The van der Waals surface area contributed by atoms with Gasteiger partial charge in [-0.2, -0.15) is 8.42 Å². The normalized spacial score (nSPS) is 30.7. The van der Waals surface area contributed by atoms with E-state index < -0.39 is 10.4 Å². The second-order valence-electron chi connectivity index (χ2n) is 2.20. The lowest BCUT2D eigenvalue weighted by Gasteiger charge is -1.99. The number of hydrogen-bond acceptors (Lipinski definition) is 4. The Bertz CT molecular complexity index is 196. The molecule has 60 valence electrons. The van der Waals surface area contributed by atoms with E-state index in [0.717, 1.165) is 12.8 Å². The Morgan fingerprint density at radius 1 is 1.60 bits per heavy atom. The van der Waals surface area contributed by atoms with Crippen LogP contribution in [0.25, 0.3) is 0 Å². The Morgan fingerprint density at radius 3 is 2.70 bits per heavy atom. The van der Waals surface area contributed by atoms with Crippen LogP contribution in [0.1, 0.15) is 19.8 Å². The summed E-state index contributed by atoms with van der Waals surface area (Å²) in [6.07, 6.45) is 1.39. The summed E-state index contributed by atoms with van der Waals surface area (Å²) in [6, 6.07) is 0. The third-order valence-electron chi connectivity index (χ3n) is 1.26. The van der Waals surface area contributed by atoms with Crippen LogP contribution in [0.4, 0.5) is 0 Å². The molecule has 1 rings (SSSR count). The minimum absolute atomic E-state index is 0.177. The van der Waals surface area contributed by atoms with Crippen molar-refractivity contribution in [1.29, 1.82) is 0 Å². The fourth-order valence-corrected chi connectivity index (χ4v) is 1.69. The number of hydrogen-bond donors (Lipinski definition) is 0. The lowest BCUT2D eigenvalue weighted by Crippen LogP contribution is -2.08. The maximum atomic E-state index is 10.5. The molecule has 5 heteroatoms. The van der Waals surface area contributed by atoms with Gasteiger partial charge in [-0.15, -0.1) is 0 Å². The van der Waals surface area contributed by atoms with Crippen molar-refractivity contribution < 1.29 is 16.8 Å². The van der Waals surface area contributed by atoms with Crippen LogP contribution in [0.3, 0.4) is 0 Å². The van der Waals surface area contributed by atoms with Crippen molar-refractivity contribution in [1.82, 2.24) is 0 Å². The van der Waals surface area contributed by atoms with Crippen molar-refractivity contribution in [2.75, 3.05) is 6.61 Å². The van der Waals surface area contributed by atoms with Crippen molar-refractivity contribution in [2.24, 2.45) is 0 Å². The standard InChI is InChI=1S/C5H10O4S/c1-2-3-5-4-8-10(6,7)9-5/h5H,2-4H2,1H3. The molecule has 0 aliphatic carbocycles. The van der Waals surface area contributed by atoms with Gasteiger partial charge in [0.05, 0.1) is 6.61 Å². The Kier molecular flexibility index (Phi) is 2.28. The molecule has 1 aliphatic heterocycles. The first-order valence-electron chi connectivity index (χ1n) is 3.21. The zero-order chi connectivity index (χ0) is 7.61. The van der Waals surface area contributed by atoms with Crippen LogP contribution in [0.5, 0.6) is 0 Å². The molecular formula is C5H10O4S. The van der Waals surface area contributed by atoms with Crippen LogP contribution >= 0.6 is 0 Å². The van der Waals surface area contributed by atoms with E-state index in [1.807, 2.05) is 6.92 Å². The van der Waals surface area contributed by atoms with Crippen molar-refractivity contribution in [3.63, 3.8) is 0 Å². The second-order valence-corrected chi connectivity index (χ2v) is 3.44. The van der Waals surface area contributed by atoms with Gasteiger partial charge in [-0.1, -0.05) is 13.3 Å². The second kappa shape index (κ2) is 2.86. The van der Waals surface area contributed by atoms with Gasteiger partial charge in [0.2, 0.25) is 0 Å². The molecule has 0 bridgehead atoms. The first-order chi connectivity index (χ1) is 4.64. The molecule has 0 aromatic rings. The average Bonchev–Trinajstić information content (AvgIpc) is 2.12. The molecule has 0 N–H and O–H groups in total. The van der Waals surface area contributed by atoms with Crippen molar-refractivity contribution >= 4 is 10.4 Å². The van der Waals surface area contributed by atoms with E-state index in [9.17, 15) is 8.42 Å². The fraction of sp³-hybridized carbons (Fsp3) is 1.00. The topological polar surface area (TPSA) is 52.6 Å². The highest BCUT2D eigenvalue weighted by atomic mass is 32.3. The highest BCUT2D eigenvalue weighted by Gasteiger charge is 2.28. The molecule has 4 nitrogen and oxygen atoms in total. The van der Waals surface area contributed by atoms with Gasteiger partial charge in [0, 0.05) is 0 Å². The third-order valence-corrected chi connectivity index (χ3v) is 2.20. The molecule has 1 fully saturated rings. The lowest BCUT2D eigenvalue weighted by atomic mass is 10.2. The van der Waals surface area contributed by atoms with Crippen LogP contribution in [-0.2, 0) is 18.8 Å². The van der Waals surface area contributed by atoms with E-state index in [-0.39, 0.29) is 12.7 Å². The fourth-order valence-electron chi connectivity index (χ4n) is 0.835. The SMILES string of the molecule is CCCC1COS(=O)(=O)O1. The van der Waals surface area contributed by atoms with E-state index in [1.54, 1.807) is 0 Å². The maximum absolute atomic E-state index is 10.5. The molecule has 1 atom stereocenters. The Hall–Kier alpha value is -0.130. The van der Waals surface area contributed by atoms with Gasteiger partial charge in [0.15, 0.2) is 0 Å². The Labute approximate surface area is 60.5 Å². The van der Waals surface area contributed by atoms with Crippen LogP contribution < -0.4 is 0 Å². The molecule has 0 aromatic carbocycles. The molecule has 1 heterocycles. The minimum atomic E-state index is -3.62. The molecule has 1 unspecified atom stereocenters. The van der Waals surface area contributed by atoms with Crippen LogP contribution in [0.2, 0.25) is 0 Å². The van der Waals surface area contributed by atoms with Gasteiger partial charge in [-0.25, -0.2) is 8.37 Å². The Balaban J connectivity index is 2.44. The Morgan fingerprint density at radius 2 is 2.30 bits per heavy atom. The molecule has 0 saturated carbocycles. The average molecular weight is 166 g/mol. The summed E-state index contributed by atoms with van der Waals surface area (Å²) < 4.78 is 29.8. The lowest BCUT2D eigenvalue weighted by molar-refractivity contribution is 0.222. The molecule has 1 saturated heterocycles. The predicted molar refractivity (Wildman–Crippen MR) is 34.7 cm³/mol. The highest BCUT2D eigenvalue weighted by Crippen LogP contribution is 2.16. The van der Waals surface area contributed by atoms with Crippen molar-refractivity contribution in [2.45, 2.75) is 25.9 Å². The van der Waals surface area contributed by atoms with E-state index in [0.29, 0.717) is 0 Å².